The van der Waals surface area contributed by atoms with Gasteiger partial charge in [-0.3, -0.25) is 4.79 Å². The van der Waals surface area contributed by atoms with Crippen molar-refractivity contribution in [1.82, 2.24) is 9.97 Å². The maximum Gasteiger partial charge on any atom is 0.237 e. The predicted octanol–water partition coefficient (Wildman–Crippen LogP) is 4.04. The number of amides is 1. The summed E-state index contributed by atoms with van der Waals surface area (Å²) in [5.41, 5.74) is 8.13. The van der Waals surface area contributed by atoms with E-state index in [4.69, 9.17) is 5.73 Å². The van der Waals surface area contributed by atoms with Crippen LogP contribution in [0.1, 0.15) is 17.4 Å². The Morgan fingerprint density at radius 2 is 1.96 bits per heavy atom. The molecule has 3 aromatic rings. The van der Waals surface area contributed by atoms with Gasteiger partial charge in [0.1, 0.15) is 10.6 Å². The molecule has 0 atom stereocenters. The number of hydrogen-bond acceptors (Lipinski definition) is 6. The molecule has 5 nitrogen and oxygen atoms in total. The van der Waals surface area contributed by atoms with Crippen LogP contribution in [0.4, 0.5) is 11.5 Å². The highest BCUT2D eigenvalue weighted by molar-refractivity contribution is 7.99. The van der Waals surface area contributed by atoms with E-state index in [0.717, 1.165) is 21.5 Å². The number of carbonyl (C=O) groups excluding carboxylic acids is 1. The van der Waals surface area contributed by atoms with Crippen LogP contribution in [0.3, 0.4) is 0 Å². The molecule has 2 aromatic heterocycles. The van der Waals surface area contributed by atoms with Gasteiger partial charge in [-0.2, -0.15) is 0 Å². The summed E-state index contributed by atoms with van der Waals surface area (Å²) < 4.78 is 0. The van der Waals surface area contributed by atoms with Crippen LogP contribution in [0, 0.1) is 13.8 Å². The fourth-order valence-electron chi connectivity index (χ4n) is 2.64. The van der Waals surface area contributed by atoms with E-state index in [0.29, 0.717) is 17.5 Å². The molecule has 130 valence electrons. The zero-order chi connectivity index (χ0) is 18.0. The molecule has 2 heterocycles. The van der Waals surface area contributed by atoms with E-state index in [-0.39, 0.29) is 11.7 Å². The summed E-state index contributed by atoms with van der Waals surface area (Å²) in [5.74, 6) is 0.786. The molecule has 3 rings (SSSR count). The molecule has 0 bridgehead atoms. The maximum atomic E-state index is 12.6. The average Bonchev–Trinajstić information content (AvgIpc) is 2.89. The SMILES string of the molecule is CCN(C(=O)CSc1nc(N)c2c(C)c(C)sc2n1)c1ccccc1. The smallest absolute Gasteiger partial charge is 0.237 e. The number of aryl methyl sites for hydroxylation is 2. The number of rotatable bonds is 5. The number of nitrogens with two attached hydrogens (primary N) is 1. The lowest BCUT2D eigenvalue weighted by Crippen LogP contribution is -2.32. The fraction of sp³-hybridized carbons (Fsp3) is 0.278. The molecule has 0 saturated carbocycles. The number of para-hydroxylation sites is 1. The Hall–Kier alpha value is -2.12. The number of hydrogen-bond donors (Lipinski definition) is 1. The number of anilines is 2. The zero-order valence-corrected chi connectivity index (χ0v) is 16.1. The largest absolute Gasteiger partial charge is 0.383 e. The molecule has 0 aliphatic heterocycles. The Bertz CT molecular complexity index is 908. The van der Waals surface area contributed by atoms with Gasteiger partial charge < -0.3 is 10.6 Å². The van der Waals surface area contributed by atoms with Crippen molar-refractivity contribution in [2.75, 3.05) is 22.9 Å². The first kappa shape index (κ1) is 17.7. The molecule has 25 heavy (non-hydrogen) atoms. The Morgan fingerprint density at radius 1 is 1.24 bits per heavy atom. The van der Waals surface area contributed by atoms with E-state index in [1.54, 1.807) is 16.2 Å². The number of carbonyl (C=O) groups is 1. The van der Waals surface area contributed by atoms with Gasteiger partial charge in [-0.25, -0.2) is 9.97 Å². The molecular formula is C18H20N4OS2. The van der Waals surface area contributed by atoms with Crippen LogP contribution < -0.4 is 10.6 Å². The molecule has 1 aromatic carbocycles. The number of nitrogen functional groups attached to an aromatic ring is 1. The monoisotopic (exact) mass is 372 g/mol. The Kier molecular flexibility index (Phi) is 5.24. The number of aromatic nitrogens is 2. The van der Waals surface area contributed by atoms with Crippen molar-refractivity contribution in [2.45, 2.75) is 25.9 Å². The maximum absolute atomic E-state index is 12.6. The minimum atomic E-state index is 0.0273. The molecule has 0 aliphatic rings. The van der Waals surface area contributed by atoms with Gasteiger partial charge in [0, 0.05) is 17.1 Å². The van der Waals surface area contributed by atoms with Gasteiger partial charge in [0.25, 0.3) is 0 Å². The van der Waals surface area contributed by atoms with Gasteiger partial charge in [-0.15, -0.1) is 11.3 Å². The first-order valence-corrected chi connectivity index (χ1v) is 9.83. The average molecular weight is 373 g/mol. The molecule has 7 heteroatoms. The number of fused-ring (bicyclic) bond motifs is 1. The Morgan fingerprint density at radius 3 is 2.64 bits per heavy atom. The molecule has 0 unspecified atom stereocenters. The highest BCUT2D eigenvalue weighted by atomic mass is 32.2. The lowest BCUT2D eigenvalue weighted by atomic mass is 10.2. The molecule has 0 radical (unpaired) electrons. The first-order valence-electron chi connectivity index (χ1n) is 8.02. The summed E-state index contributed by atoms with van der Waals surface area (Å²) in [6.45, 7) is 6.67. The molecule has 1 amide bonds. The van der Waals surface area contributed by atoms with Crippen molar-refractivity contribution in [3.8, 4) is 0 Å². The van der Waals surface area contributed by atoms with Crippen molar-refractivity contribution >= 4 is 50.7 Å². The van der Waals surface area contributed by atoms with Crippen LogP contribution in [0.25, 0.3) is 10.2 Å². The van der Waals surface area contributed by atoms with Gasteiger partial charge in [0.05, 0.1) is 11.1 Å². The van der Waals surface area contributed by atoms with Crippen LogP contribution in [0.15, 0.2) is 35.5 Å². The van der Waals surface area contributed by atoms with Crippen molar-refractivity contribution in [1.29, 1.82) is 0 Å². The quantitative estimate of drug-likeness (QED) is 0.541. The van der Waals surface area contributed by atoms with Crippen molar-refractivity contribution < 1.29 is 4.79 Å². The van der Waals surface area contributed by atoms with E-state index in [2.05, 4.69) is 16.9 Å². The molecule has 0 fully saturated rings. The second-order valence-electron chi connectivity index (χ2n) is 5.62. The van der Waals surface area contributed by atoms with E-state index >= 15 is 0 Å². The summed E-state index contributed by atoms with van der Waals surface area (Å²) in [6.07, 6.45) is 0. The number of thiophene rings is 1. The number of benzene rings is 1. The third-order valence-electron chi connectivity index (χ3n) is 4.05. The fourth-order valence-corrected chi connectivity index (χ4v) is 4.46. The lowest BCUT2D eigenvalue weighted by Gasteiger charge is -2.20. The molecular weight excluding hydrogens is 352 g/mol. The predicted molar refractivity (Wildman–Crippen MR) is 106 cm³/mol. The highest BCUT2D eigenvalue weighted by Gasteiger charge is 2.17. The zero-order valence-electron chi connectivity index (χ0n) is 14.4. The van der Waals surface area contributed by atoms with Gasteiger partial charge in [-0.05, 0) is 38.5 Å². The molecule has 0 saturated heterocycles. The van der Waals surface area contributed by atoms with E-state index in [1.165, 1.54) is 16.6 Å². The van der Waals surface area contributed by atoms with Crippen LogP contribution in [0.5, 0.6) is 0 Å². The van der Waals surface area contributed by atoms with Gasteiger partial charge in [0.15, 0.2) is 5.16 Å². The minimum Gasteiger partial charge on any atom is -0.383 e. The summed E-state index contributed by atoms with van der Waals surface area (Å²) >= 11 is 2.93. The van der Waals surface area contributed by atoms with E-state index in [9.17, 15) is 4.79 Å². The van der Waals surface area contributed by atoms with Crippen molar-refractivity contribution in [3.05, 3.63) is 40.8 Å². The second-order valence-corrected chi connectivity index (χ2v) is 7.76. The normalized spacial score (nSPS) is 11.0. The van der Waals surface area contributed by atoms with E-state index in [1.807, 2.05) is 44.2 Å². The van der Waals surface area contributed by atoms with Crippen LogP contribution in [-0.4, -0.2) is 28.2 Å². The van der Waals surface area contributed by atoms with Crippen LogP contribution in [-0.2, 0) is 4.79 Å². The summed E-state index contributed by atoms with van der Waals surface area (Å²) in [4.78, 5) is 25.3. The third-order valence-corrected chi connectivity index (χ3v) is 5.98. The van der Waals surface area contributed by atoms with Crippen molar-refractivity contribution in [2.24, 2.45) is 0 Å². The third kappa shape index (κ3) is 3.62. The summed E-state index contributed by atoms with van der Waals surface area (Å²) in [6, 6.07) is 9.66. The first-order chi connectivity index (χ1) is 12.0. The van der Waals surface area contributed by atoms with Gasteiger partial charge in [0.2, 0.25) is 5.91 Å². The summed E-state index contributed by atoms with van der Waals surface area (Å²) in [7, 11) is 0. The van der Waals surface area contributed by atoms with Gasteiger partial charge >= 0.3 is 0 Å². The summed E-state index contributed by atoms with van der Waals surface area (Å²) in [5, 5.41) is 1.47. The second kappa shape index (κ2) is 7.41. The Balaban J connectivity index is 1.77. The van der Waals surface area contributed by atoms with Crippen LogP contribution in [0.2, 0.25) is 0 Å². The van der Waals surface area contributed by atoms with Crippen LogP contribution >= 0.6 is 23.1 Å². The topological polar surface area (TPSA) is 72.1 Å². The van der Waals surface area contributed by atoms with E-state index < -0.39 is 0 Å². The Labute approximate surface area is 155 Å². The molecule has 0 spiro atoms. The highest BCUT2D eigenvalue weighted by Crippen LogP contribution is 2.33. The number of thioether (sulfide) groups is 1. The minimum absolute atomic E-state index is 0.0273. The standard InChI is InChI=1S/C18H20N4OS2/c1-4-22(13-8-6-5-7-9-13)14(23)10-24-18-20-16(19)15-11(2)12(3)25-17(15)21-18/h5-9H,4,10H2,1-3H3,(H2,19,20,21). The molecule has 0 aliphatic carbocycles. The van der Waals surface area contributed by atoms with Crippen molar-refractivity contribution in [3.63, 3.8) is 0 Å². The molecule has 2 N–H and O–H groups in total. The van der Waals surface area contributed by atoms with Gasteiger partial charge in [-0.1, -0.05) is 30.0 Å². The number of nitrogens with zero attached hydrogens (tertiary/aromatic N) is 3. The lowest BCUT2D eigenvalue weighted by molar-refractivity contribution is -0.116.